The molecule has 5 nitrogen and oxygen atoms in total. The molecule has 0 saturated carbocycles. The normalized spacial score (nSPS) is 11.4. The number of ketones is 1. The van der Waals surface area contributed by atoms with E-state index in [0.717, 1.165) is 0 Å². The molecule has 0 spiro atoms. The number of esters is 1. The maximum atomic E-state index is 12.1. The van der Waals surface area contributed by atoms with E-state index in [4.69, 9.17) is 4.74 Å². The predicted octanol–water partition coefficient (Wildman–Crippen LogP) is 0.937. The van der Waals surface area contributed by atoms with E-state index in [2.05, 4.69) is 5.32 Å². The van der Waals surface area contributed by atoms with Gasteiger partial charge in [0.05, 0.1) is 6.61 Å². The number of benzene rings is 1. The van der Waals surface area contributed by atoms with Gasteiger partial charge in [-0.2, -0.15) is 0 Å². The molecule has 0 radical (unpaired) electrons. The van der Waals surface area contributed by atoms with E-state index in [-0.39, 0.29) is 6.61 Å². The van der Waals surface area contributed by atoms with Crippen LogP contribution in [0.2, 0.25) is 0 Å². The van der Waals surface area contributed by atoms with E-state index in [9.17, 15) is 14.4 Å². The number of nitrogens with one attached hydrogen (secondary N) is 1. The summed E-state index contributed by atoms with van der Waals surface area (Å²) in [5.74, 6) is -1.69. The quantitative estimate of drug-likeness (QED) is 0.479. The molecule has 0 aliphatic carbocycles. The van der Waals surface area contributed by atoms with E-state index in [1.807, 2.05) is 0 Å². The number of hydrogen-bond donors (Lipinski definition) is 1. The third-order valence-corrected chi connectivity index (χ3v) is 2.19. The molecule has 0 fully saturated rings. The van der Waals surface area contributed by atoms with Crippen LogP contribution in [0.25, 0.3) is 0 Å². The minimum Gasteiger partial charge on any atom is -0.464 e. The molecule has 1 aromatic carbocycles. The van der Waals surface area contributed by atoms with Crippen LogP contribution in [0.3, 0.4) is 0 Å². The van der Waals surface area contributed by atoms with Gasteiger partial charge in [-0.3, -0.25) is 9.59 Å². The van der Waals surface area contributed by atoms with Crippen molar-refractivity contribution in [1.29, 1.82) is 0 Å². The smallest absolute Gasteiger partial charge is 0.336 e. The summed E-state index contributed by atoms with van der Waals surface area (Å²) in [5.41, 5.74) is 0.351. The molecule has 1 amide bonds. The molecule has 1 N–H and O–H groups in total. The summed E-state index contributed by atoms with van der Waals surface area (Å²) >= 11 is 0. The van der Waals surface area contributed by atoms with Gasteiger partial charge in [-0.15, -0.1) is 0 Å². The minimum absolute atomic E-state index is 0.150. The van der Waals surface area contributed by atoms with Gasteiger partial charge in [0.1, 0.15) is 0 Å². The van der Waals surface area contributed by atoms with Crippen molar-refractivity contribution in [3.8, 4) is 0 Å². The Bertz CT molecular complexity index is 442. The zero-order valence-electron chi connectivity index (χ0n) is 10.3. The van der Waals surface area contributed by atoms with E-state index in [1.165, 1.54) is 6.92 Å². The van der Waals surface area contributed by atoms with Gasteiger partial charge in [0.2, 0.25) is 5.91 Å². The van der Waals surface area contributed by atoms with E-state index in [1.54, 1.807) is 37.3 Å². The van der Waals surface area contributed by atoms with E-state index >= 15 is 0 Å². The van der Waals surface area contributed by atoms with Crippen LogP contribution in [-0.4, -0.2) is 30.3 Å². The summed E-state index contributed by atoms with van der Waals surface area (Å²) in [7, 11) is 0. The van der Waals surface area contributed by atoms with Crippen molar-refractivity contribution in [2.75, 3.05) is 6.61 Å². The Morgan fingerprint density at radius 1 is 1.22 bits per heavy atom. The number of carbonyl (C=O) groups excluding carboxylic acids is 3. The Morgan fingerprint density at radius 3 is 2.33 bits per heavy atom. The largest absolute Gasteiger partial charge is 0.464 e. The number of Topliss-reactive ketones (excluding diaryl/α,β-unsaturated/α-hetero) is 1. The Labute approximate surface area is 105 Å². The van der Waals surface area contributed by atoms with Crippen LogP contribution in [-0.2, 0) is 14.3 Å². The first-order chi connectivity index (χ1) is 8.56. The van der Waals surface area contributed by atoms with Crippen LogP contribution < -0.4 is 5.32 Å². The van der Waals surface area contributed by atoms with Crippen LogP contribution >= 0.6 is 0 Å². The molecule has 1 atom stereocenters. The summed E-state index contributed by atoms with van der Waals surface area (Å²) in [6.45, 7) is 3.03. The lowest BCUT2D eigenvalue weighted by atomic mass is 10.0. The molecule has 96 valence electrons. The Balaban J connectivity index is 2.92. The average Bonchev–Trinajstić information content (AvgIpc) is 2.36. The maximum absolute atomic E-state index is 12.1. The SMILES string of the molecule is CCOC(=O)[C@@H](NC(C)=O)C(=O)c1ccccc1. The maximum Gasteiger partial charge on any atom is 0.336 e. The minimum atomic E-state index is -1.29. The number of ether oxygens (including phenoxy) is 1. The van der Waals surface area contributed by atoms with Crippen molar-refractivity contribution in [2.24, 2.45) is 0 Å². The van der Waals surface area contributed by atoms with Gasteiger partial charge < -0.3 is 10.1 Å². The second-order valence-corrected chi connectivity index (χ2v) is 3.62. The number of rotatable bonds is 5. The Hall–Kier alpha value is -2.17. The highest BCUT2D eigenvalue weighted by Gasteiger charge is 2.29. The molecule has 0 heterocycles. The standard InChI is InChI=1S/C13H15NO4/c1-3-18-13(17)11(14-9(2)15)12(16)10-7-5-4-6-8-10/h4-8,11H,3H2,1-2H3,(H,14,15)/t11-/m0/s1. The molecule has 0 aliphatic rings. The Morgan fingerprint density at radius 2 is 1.83 bits per heavy atom. The highest BCUT2D eigenvalue weighted by molar-refractivity contribution is 6.13. The number of amides is 1. The lowest BCUT2D eigenvalue weighted by molar-refractivity contribution is -0.145. The zero-order valence-corrected chi connectivity index (χ0v) is 10.3. The zero-order chi connectivity index (χ0) is 13.5. The molecule has 1 aromatic rings. The third-order valence-electron chi connectivity index (χ3n) is 2.19. The molecule has 0 saturated heterocycles. The molecule has 18 heavy (non-hydrogen) atoms. The van der Waals surface area contributed by atoms with Crippen molar-refractivity contribution >= 4 is 17.7 Å². The van der Waals surface area contributed by atoms with Crippen LogP contribution in [0, 0.1) is 0 Å². The lowest BCUT2D eigenvalue weighted by Crippen LogP contribution is -2.46. The molecule has 0 bridgehead atoms. The Kier molecular flexibility index (Phi) is 5.05. The first-order valence-electron chi connectivity index (χ1n) is 5.59. The van der Waals surface area contributed by atoms with Crippen LogP contribution in [0.1, 0.15) is 24.2 Å². The van der Waals surface area contributed by atoms with E-state index < -0.39 is 23.7 Å². The van der Waals surface area contributed by atoms with Crippen molar-refractivity contribution in [2.45, 2.75) is 19.9 Å². The highest BCUT2D eigenvalue weighted by Crippen LogP contribution is 2.05. The topological polar surface area (TPSA) is 72.5 Å². The second kappa shape index (κ2) is 6.54. The van der Waals surface area contributed by atoms with Gasteiger partial charge in [-0.05, 0) is 6.92 Å². The van der Waals surface area contributed by atoms with Gasteiger partial charge in [0.25, 0.3) is 0 Å². The first kappa shape index (κ1) is 13.9. The van der Waals surface area contributed by atoms with Gasteiger partial charge in [-0.1, -0.05) is 30.3 Å². The molecule has 0 unspecified atom stereocenters. The summed E-state index contributed by atoms with van der Waals surface area (Å²) in [4.78, 5) is 34.7. The van der Waals surface area contributed by atoms with Gasteiger partial charge in [0.15, 0.2) is 11.8 Å². The first-order valence-corrected chi connectivity index (χ1v) is 5.59. The fourth-order valence-electron chi connectivity index (χ4n) is 1.43. The van der Waals surface area contributed by atoms with E-state index in [0.29, 0.717) is 5.56 Å². The van der Waals surface area contributed by atoms with Crippen molar-refractivity contribution in [3.63, 3.8) is 0 Å². The van der Waals surface area contributed by atoms with Gasteiger partial charge >= 0.3 is 5.97 Å². The van der Waals surface area contributed by atoms with Crippen LogP contribution in [0.5, 0.6) is 0 Å². The molecule has 0 aliphatic heterocycles. The molecule has 1 rings (SSSR count). The number of hydrogen-bond acceptors (Lipinski definition) is 4. The van der Waals surface area contributed by atoms with Gasteiger partial charge in [-0.25, -0.2) is 4.79 Å². The summed E-state index contributed by atoms with van der Waals surface area (Å²) in [5, 5.41) is 2.30. The fraction of sp³-hybridized carbons (Fsp3) is 0.308. The van der Waals surface area contributed by atoms with Crippen LogP contribution in [0.4, 0.5) is 0 Å². The molecular formula is C13H15NO4. The predicted molar refractivity (Wildman–Crippen MR) is 65.0 cm³/mol. The number of carbonyl (C=O) groups is 3. The van der Waals surface area contributed by atoms with Crippen molar-refractivity contribution in [1.82, 2.24) is 5.32 Å². The highest BCUT2D eigenvalue weighted by atomic mass is 16.5. The summed E-state index contributed by atoms with van der Waals surface area (Å²) in [6, 6.07) is 7.00. The van der Waals surface area contributed by atoms with Crippen LogP contribution in [0.15, 0.2) is 30.3 Å². The molecule has 0 aromatic heterocycles. The van der Waals surface area contributed by atoms with Crippen molar-refractivity contribution in [3.05, 3.63) is 35.9 Å². The lowest BCUT2D eigenvalue weighted by Gasteiger charge is -2.15. The molecule has 5 heteroatoms. The molecular weight excluding hydrogens is 234 g/mol. The summed E-state index contributed by atoms with van der Waals surface area (Å²) < 4.78 is 4.77. The summed E-state index contributed by atoms with van der Waals surface area (Å²) in [6.07, 6.45) is 0. The average molecular weight is 249 g/mol. The third kappa shape index (κ3) is 3.69. The fourth-order valence-corrected chi connectivity index (χ4v) is 1.43. The monoisotopic (exact) mass is 249 g/mol. The van der Waals surface area contributed by atoms with Gasteiger partial charge in [0, 0.05) is 12.5 Å². The second-order valence-electron chi connectivity index (χ2n) is 3.62. The van der Waals surface area contributed by atoms with Crippen molar-refractivity contribution < 1.29 is 19.1 Å².